The van der Waals surface area contributed by atoms with Crippen molar-refractivity contribution < 1.29 is 14.7 Å². The van der Waals surface area contributed by atoms with Crippen LogP contribution in [0.15, 0.2) is 127 Å². The molecule has 1 aliphatic heterocycles. The number of nitrogens with one attached hydrogen (secondary N) is 1. The zero-order chi connectivity index (χ0) is 26.3. The van der Waals surface area contributed by atoms with Crippen LogP contribution in [0.4, 0.5) is 0 Å². The summed E-state index contributed by atoms with van der Waals surface area (Å²) in [6.07, 6.45) is 9.32. The molecule has 3 aromatic carbocycles. The van der Waals surface area contributed by atoms with Gasteiger partial charge in [0, 0.05) is 12.7 Å². The third-order valence-electron chi connectivity index (χ3n) is 6.74. The van der Waals surface area contributed by atoms with Crippen molar-refractivity contribution in [3.63, 3.8) is 0 Å². The largest absolute Gasteiger partial charge is 0.481 e. The van der Waals surface area contributed by atoms with Crippen LogP contribution >= 0.6 is 0 Å². The Morgan fingerprint density at radius 1 is 0.784 bits per heavy atom. The van der Waals surface area contributed by atoms with Crippen LogP contribution in [-0.4, -0.2) is 28.4 Å². The Labute approximate surface area is 218 Å². The fourth-order valence-electron chi connectivity index (χ4n) is 4.84. The normalized spacial score (nSPS) is 14.1. The molecule has 4 rings (SSSR count). The zero-order valence-electron chi connectivity index (χ0n) is 21.1. The van der Waals surface area contributed by atoms with E-state index < -0.39 is 17.4 Å². The predicted octanol–water partition coefficient (Wildman–Crippen LogP) is 5.72. The quantitative estimate of drug-likeness (QED) is 0.375. The summed E-state index contributed by atoms with van der Waals surface area (Å²) in [6, 6.07) is 30.4. The van der Waals surface area contributed by atoms with E-state index in [4.69, 9.17) is 0 Å². The van der Waals surface area contributed by atoms with Crippen molar-refractivity contribution >= 4 is 11.9 Å². The molecule has 5 nitrogen and oxygen atoms in total. The molecule has 0 saturated heterocycles. The number of allylic oxidation sites excluding steroid dienone is 4. The molecule has 5 heteroatoms. The molecule has 0 aromatic heterocycles. The van der Waals surface area contributed by atoms with Crippen LogP contribution < -0.4 is 5.32 Å². The summed E-state index contributed by atoms with van der Waals surface area (Å²) in [4.78, 5) is 27.5. The first-order valence-corrected chi connectivity index (χ1v) is 12.5. The smallest absolute Gasteiger partial charge is 0.308 e. The standard InChI is InChI=1S/C32H32N2O3/c1-24(2)28(31(36)37)23-33-30(35)29-21-13-6-14-22-34(29)32(25-15-7-3-8-16-25,26-17-9-4-10-18-26)27-19-11-5-12-20-27/h3-22,24,28H,23H2,1-2H3,(H,33,35)(H,36,37)/t28-/m0/s1. The number of carbonyl (C=O) groups is 2. The molecule has 0 radical (unpaired) electrons. The second-order valence-electron chi connectivity index (χ2n) is 9.36. The average molecular weight is 493 g/mol. The average Bonchev–Trinajstić information content (AvgIpc) is 3.17. The first-order valence-electron chi connectivity index (χ1n) is 12.5. The highest BCUT2D eigenvalue weighted by Crippen LogP contribution is 2.45. The maximum Gasteiger partial charge on any atom is 0.308 e. The number of amides is 1. The number of carbonyl (C=O) groups excluding carboxylic acids is 1. The summed E-state index contributed by atoms with van der Waals surface area (Å²) in [6.45, 7) is 3.73. The van der Waals surface area contributed by atoms with E-state index in [1.165, 1.54) is 0 Å². The van der Waals surface area contributed by atoms with E-state index in [9.17, 15) is 14.7 Å². The van der Waals surface area contributed by atoms with Gasteiger partial charge in [-0.25, -0.2) is 0 Å². The lowest BCUT2D eigenvalue weighted by molar-refractivity contribution is -0.143. The van der Waals surface area contributed by atoms with E-state index >= 15 is 0 Å². The summed E-state index contributed by atoms with van der Waals surface area (Å²) in [5.41, 5.74) is 2.50. The molecular formula is C32H32N2O3. The first kappa shape index (κ1) is 25.7. The highest BCUT2D eigenvalue weighted by Gasteiger charge is 2.44. The van der Waals surface area contributed by atoms with Gasteiger partial charge in [-0.1, -0.05) is 117 Å². The van der Waals surface area contributed by atoms with Gasteiger partial charge in [-0.3, -0.25) is 9.59 Å². The highest BCUT2D eigenvalue weighted by atomic mass is 16.4. The molecule has 0 aliphatic carbocycles. The molecule has 0 spiro atoms. The lowest BCUT2D eigenvalue weighted by Gasteiger charge is -2.45. The van der Waals surface area contributed by atoms with Gasteiger partial charge in [0.2, 0.25) is 0 Å². The first-order chi connectivity index (χ1) is 18.0. The lowest BCUT2D eigenvalue weighted by atomic mass is 9.75. The molecule has 0 bridgehead atoms. The minimum Gasteiger partial charge on any atom is -0.481 e. The van der Waals surface area contributed by atoms with E-state index in [1.54, 1.807) is 6.08 Å². The minimum atomic E-state index is -0.922. The van der Waals surface area contributed by atoms with Crippen LogP contribution in [0.25, 0.3) is 0 Å². The third kappa shape index (κ3) is 5.26. The molecule has 1 heterocycles. The van der Waals surface area contributed by atoms with E-state index in [0.717, 1.165) is 16.7 Å². The Kier molecular flexibility index (Phi) is 8.04. The fraction of sp³-hybridized carbons (Fsp3) is 0.188. The van der Waals surface area contributed by atoms with E-state index in [0.29, 0.717) is 5.70 Å². The van der Waals surface area contributed by atoms with E-state index in [1.807, 2.05) is 97.8 Å². The summed E-state index contributed by atoms with van der Waals surface area (Å²) in [7, 11) is 0. The number of carboxylic acids is 1. The molecule has 0 unspecified atom stereocenters. The second kappa shape index (κ2) is 11.6. The molecule has 0 fully saturated rings. The van der Waals surface area contributed by atoms with Gasteiger partial charge in [-0.2, -0.15) is 0 Å². The molecule has 1 atom stereocenters. The van der Waals surface area contributed by atoms with Crippen molar-refractivity contribution in [2.24, 2.45) is 11.8 Å². The van der Waals surface area contributed by atoms with Gasteiger partial charge >= 0.3 is 5.97 Å². The van der Waals surface area contributed by atoms with E-state index in [-0.39, 0.29) is 18.4 Å². The van der Waals surface area contributed by atoms with Crippen molar-refractivity contribution in [2.75, 3.05) is 6.54 Å². The van der Waals surface area contributed by atoms with Crippen molar-refractivity contribution in [1.29, 1.82) is 0 Å². The van der Waals surface area contributed by atoms with Crippen LogP contribution in [0, 0.1) is 11.8 Å². The SMILES string of the molecule is CC(C)[C@H](CNC(=O)C1=CC=CC=CN1C(c1ccccc1)(c1ccccc1)c1ccccc1)C(=O)O. The van der Waals surface area contributed by atoms with Crippen molar-refractivity contribution in [1.82, 2.24) is 10.2 Å². The zero-order valence-corrected chi connectivity index (χ0v) is 21.1. The highest BCUT2D eigenvalue weighted by molar-refractivity contribution is 5.94. The molecular weight excluding hydrogens is 460 g/mol. The maximum absolute atomic E-state index is 13.8. The van der Waals surface area contributed by atoms with Crippen LogP contribution in [0.1, 0.15) is 30.5 Å². The Hall–Kier alpha value is -4.38. The van der Waals surface area contributed by atoms with Gasteiger partial charge in [-0.05, 0) is 34.8 Å². The van der Waals surface area contributed by atoms with Gasteiger partial charge in [0.05, 0.1) is 5.92 Å². The molecule has 1 aliphatic rings. The monoisotopic (exact) mass is 492 g/mol. The van der Waals surface area contributed by atoms with Crippen molar-refractivity contribution in [2.45, 2.75) is 19.4 Å². The molecule has 1 amide bonds. The van der Waals surface area contributed by atoms with Gasteiger partial charge < -0.3 is 15.3 Å². The van der Waals surface area contributed by atoms with Gasteiger partial charge in [0.15, 0.2) is 0 Å². The van der Waals surface area contributed by atoms with Crippen LogP contribution in [-0.2, 0) is 15.1 Å². The summed E-state index contributed by atoms with van der Waals surface area (Å²) in [5.74, 6) is -2.06. The topological polar surface area (TPSA) is 69.6 Å². The number of benzene rings is 3. The number of hydrogen-bond donors (Lipinski definition) is 2. The Bertz CT molecular complexity index is 1200. The predicted molar refractivity (Wildman–Crippen MR) is 146 cm³/mol. The summed E-state index contributed by atoms with van der Waals surface area (Å²) < 4.78 is 0. The second-order valence-corrected chi connectivity index (χ2v) is 9.36. The summed E-state index contributed by atoms with van der Waals surface area (Å²) in [5, 5.41) is 12.5. The molecule has 188 valence electrons. The molecule has 3 aromatic rings. The number of rotatable bonds is 9. The van der Waals surface area contributed by atoms with Crippen molar-refractivity contribution in [3.8, 4) is 0 Å². The summed E-state index contributed by atoms with van der Waals surface area (Å²) >= 11 is 0. The third-order valence-corrected chi connectivity index (χ3v) is 6.74. The van der Waals surface area contributed by atoms with Gasteiger partial charge in [0.1, 0.15) is 11.2 Å². The Morgan fingerprint density at radius 2 is 1.27 bits per heavy atom. The number of carboxylic acid groups (broad SMARTS) is 1. The minimum absolute atomic E-state index is 0.0411. The number of nitrogens with zero attached hydrogens (tertiary/aromatic N) is 1. The van der Waals surface area contributed by atoms with E-state index in [2.05, 4.69) is 41.7 Å². The Morgan fingerprint density at radius 3 is 1.70 bits per heavy atom. The number of aliphatic carboxylic acids is 1. The van der Waals surface area contributed by atoms with Crippen LogP contribution in [0.2, 0.25) is 0 Å². The fourth-order valence-corrected chi connectivity index (χ4v) is 4.84. The van der Waals surface area contributed by atoms with Crippen LogP contribution in [0.5, 0.6) is 0 Å². The maximum atomic E-state index is 13.8. The Balaban J connectivity index is 1.90. The van der Waals surface area contributed by atoms with Crippen molar-refractivity contribution in [3.05, 3.63) is 144 Å². The molecule has 37 heavy (non-hydrogen) atoms. The lowest BCUT2D eigenvalue weighted by Crippen LogP contribution is -2.48. The van der Waals surface area contributed by atoms with Crippen LogP contribution in [0.3, 0.4) is 0 Å². The number of hydrogen-bond acceptors (Lipinski definition) is 3. The van der Waals surface area contributed by atoms with Gasteiger partial charge in [0.25, 0.3) is 5.91 Å². The van der Waals surface area contributed by atoms with Gasteiger partial charge in [-0.15, -0.1) is 0 Å². The molecule has 0 saturated carbocycles. The molecule has 2 N–H and O–H groups in total.